The summed E-state index contributed by atoms with van der Waals surface area (Å²) in [6.07, 6.45) is 0.817. The number of fused-ring (bicyclic) bond motifs is 1. The van der Waals surface area contributed by atoms with Crippen molar-refractivity contribution < 1.29 is 28.9 Å². The number of hydrogen-bond donors (Lipinski definition) is 3. The molecule has 0 aliphatic carbocycles. The molecule has 0 radical (unpaired) electrons. The van der Waals surface area contributed by atoms with Gasteiger partial charge in [0.2, 0.25) is 6.29 Å². The highest BCUT2D eigenvalue weighted by Gasteiger charge is 2.29. The highest BCUT2D eigenvalue weighted by Crippen LogP contribution is 2.32. The number of carbonyl (C=O) groups excluding carboxylic acids is 1. The van der Waals surface area contributed by atoms with Crippen LogP contribution < -0.4 is 15.5 Å². The zero-order valence-electron chi connectivity index (χ0n) is 21.3. The van der Waals surface area contributed by atoms with Crippen molar-refractivity contribution >= 4 is 29.4 Å². The van der Waals surface area contributed by atoms with Crippen LogP contribution in [0.4, 0.5) is 26.9 Å². The fourth-order valence-electron chi connectivity index (χ4n) is 3.95. The Hall–Kier alpha value is -3.99. The number of amides is 3. The first-order chi connectivity index (χ1) is 17.8. The van der Waals surface area contributed by atoms with Crippen LogP contribution in [0.5, 0.6) is 0 Å². The molecular formula is C24H31N7O6. The van der Waals surface area contributed by atoms with Crippen LogP contribution in [0.1, 0.15) is 35.1 Å². The lowest BCUT2D eigenvalue weighted by atomic mass is 10.0. The Kier molecular flexibility index (Phi) is 9.56. The minimum absolute atomic E-state index is 0.0778. The Morgan fingerprint density at radius 3 is 2.70 bits per heavy atom. The normalized spacial score (nSPS) is 12.6. The largest absolute Gasteiger partial charge is 0.465 e. The number of rotatable bonds is 10. The molecule has 13 nitrogen and oxygen atoms in total. The second kappa shape index (κ2) is 12.8. The third-order valence-corrected chi connectivity index (χ3v) is 5.79. The summed E-state index contributed by atoms with van der Waals surface area (Å²) in [5, 5.41) is 24.6. The van der Waals surface area contributed by atoms with Crippen molar-refractivity contribution in [2.45, 2.75) is 25.7 Å². The van der Waals surface area contributed by atoms with Crippen LogP contribution in [0.15, 0.2) is 18.3 Å². The summed E-state index contributed by atoms with van der Waals surface area (Å²) in [5.41, 5.74) is 2.68. The van der Waals surface area contributed by atoms with E-state index in [1.165, 1.54) is 32.4 Å². The molecule has 13 heteroatoms. The van der Waals surface area contributed by atoms with Crippen LogP contribution >= 0.6 is 0 Å². The Bertz CT molecular complexity index is 1170. The van der Waals surface area contributed by atoms with E-state index in [9.17, 15) is 20.0 Å². The molecular weight excluding hydrogens is 482 g/mol. The number of carboxylic acid groups (broad SMARTS) is 1. The molecule has 0 unspecified atom stereocenters. The first-order valence-electron chi connectivity index (χ1n) is 11.6. The van der Waals surface area contributed by atoms with Gasteiger partial charge in [-0.25, -0.2) is 19.6 Å². The second-order valence-electron chi connectivity index (χ2n) is 8.29. The maximum Gasteiger partial charge on any atom is 0.407 e. The van der Waals surface area contributed by atoms with E-state index in [4.69, 9.17) is 19.2 Å². The van der Waals surface area contributed by atoms with E-state index in [2.05, 4.69) is 21.7 Å². The van der Waals surface area contributed by atoms with Gasteiger partial charge in [0.1, 0.15) is 23.4 Å². The number of urea groups is 1. The number of nitrogens with zero attached hydrogens (tertiary/aromatic N) is 5. The summed E-state index contributed by atoms with van der Waals surface area (Å²) in [4.78, 5) is 36.3. The number of pyridine rings is 2. The molecule has 3 amide bonds. The lowest BCUT2D eigenvalue weighted by Crippen LogP contribution is -2.40. The zero-order chi connectivity index (χ0) is 26.9. The van der Waals surface area contributed by atoms with Gasteiger partial charge in [-0.2, -0.15) is 5.26 Å². The van der Waals surface area contributed by atoms with Gasteiger partial charge >= 0.3 is 12.1 Å². The van der Waals surface area contributed by atoms with Crippen molar-refractivity contribution in [3.05, 3.63) is 40.7 Å². The number of aryl methyl sites for hydroxylation is 1. The summed E-state index contributed by atoms with van der Waals surface area (Å²) < 4.78 is 15.8. The second-order valence-corrected chi connectivity index (χ2v) is 8.29. The minimum atomic E-state index is -1.08. The molecule has 3 heterocycles. The predicted octanol–water partition coefficient (Wildman–Crippen LogP) is 2.79. The lowest BCUT2D eigenvalue weighted by Gasteiger charge is -2.31. The minimum Gasteiger partial charge on any atom is -0.465 e. The Morgan fingerprint density at radius 2 is 2.05 bits per heavy atom. The molecule has 1 aliphatic heterocycles. The van der Waals surface area contributed by atoms with Gasteiger partial charge in [-0.05, 0) is 30.0 Å². The van der Waals surface area contributed by atoms with E-state index >= 15 is 0 Å². The quantitative estimate of drug-likeness (QED) is 0.318. The molecule has 0 spiro atoms. The summed E-state index contributed by atoms with van der Waals surface area (Å²) in [6.45, 7) is 1.42. The van der Waals surface area contributed by atoms with Crippen LogP contribution in [-0.4, -0.2) is 80.2 Å². The highest BCUT2D eigenvalue weighted by atomic mass is 16.7. The summed E-state index contributed by atoms with van der Waals surface area (Å²) in [6, 6.07) is 5.06. The molecule has 3 rings (SSSR count). The maximum atomic E-state index is 13.3. The number of nitrogens with one attached hydrogen (secondary N) is 2. The molecule has 0 atom stereocenters. The van der Waals surface area contributed by atoms with Crippen molar-refractivity contribution in [3.8, 4) is 6.07 Å². The Morgan fingerprint density at radius 1 is 1.30 bits per heavy atom. The topological polar surface area (TPSA) is 162 Å². The van der Waals surface area contributed by atoms with E-state index in [1.54, 1.807) is 13.2 Å². The van der Waals surface area contributed by atoms with Crippen molar-refractivity contribution in [1.29, 1.82) is 5.26 Å². The van der Waals surface area contributed by atoms with Crippen LogP contribution in [-0.2, 0) is 27.2 Å². The van der Waals surface area contributed by atoms with Gasteiger partial charge in [-0.3, -0.25) is 10.2 Å². The highest BCUT2D eigenvalue weighted by molar-refractivity contribution is 6.01. The maximum absolute atomic E-state index is 13.3. The molecule has 0 saturated heterocycles. The van der Waals surface area contributed by atoms with Gasteiger partial charge in [0.05, 0.1) is 24.4 Å². The van der Waals surface area contributed by atoms with E-state index in [-0.39, 0.29) is 12.4 Å². The first kappa shape index (κ1) is 27.6. The van der Waals surface area contributed by atoms with Gasteiger partial charge in [0, 0.05) is 53.7 Å². The molecule has 1 aliphatic rings. The molecule has 3 N–H and O–H groups in total. The molecule has 0 fully saturated rings. The molecule has 0 aromatic carbocycles. The summed E-state index contributed by atoms with van der Waals surface area (Å²) in [5.74, 6) is 0.703. The van der Waals surface area contributed by atoms with E-state index in [1.807, 2.05) is 6.07 Å². The monoisotopic (exact) mass is 513 g/mol. The third-order valence-electron chi connectivity index (χ3n) is 5.79. The van der Waals surface area contributed by atoms with Gasteiger partial charge in [0.25, 0.3) is 0 Å². The van der Waals surface area contributed by atoms with E-state index in [0.717, 1.165) is 10.5 Å². The third kappa shape index (κ3) is 6.62. The fourth-order valence-corrected chi connectivity index (χ4v) is 3.95. The lowest BCUT2D eigenvalue weighted by molar-refractivity contribution is -0.109. The van der Waals surface area contributed by atoms with E-state index < -0.39 is 18.4 Å². The summed E-state index contributed by atoms with van der Waals surface area (Å²) in [7, 11) is 5.96. The van der Waals surface area contributed by atoms with Gasteiger partial charge in [-0.1, -0.05) is 0 Å². The number of anilines is 3. The van der Waals surface area contributed by atoms with Gasteiger partial charge in [-0.15, -0.1) is 0 Å². The SMILES string of the molecule is COCCNc1cc(NC(=O)N2CCCc3cc(CN(C)C(=O)O)c(C(OC)OC)nc32)ncc1C#N. The fraction of sp³-hybridized carbons (Fsp3) is 0.458. The average molecular weight is 514 g/mol. The Labute approximate surface area is 215 Å². The Balaban J connectivity index is 1.91. The molecule has 0 saturated carbocycles. The molecule has 37 heavy (non-hydrogen) atoms. The average Bonchev–Trinajstić information content (AvgIpc) is 2.89. The number of ether oxygens (including phenoxy) is 3. The van der Waals surface area contributed by atoms with Crippen LogP contribution in [0, 0.1) is 11.3 Å². The van der Waals surface area contributed by atoms with Gasteiger partial charge in [0.15, 0.2) is 0 Å². The smallest absolute Gasteiger partial charge is 0.407 e. The van der Waals surface area contributed by atoms with Crippen LogP contribution in [0.25, 0.3) is 0 Å². The van der Waals surface area contributed by atoms with Crippen molar-refractivity contribution in [2.24, 2.45) is 0 Å². The standard InChI is InChI=1S/C24H31N7O6/c1-30(24(33)34)14-16-10-15-6-5-8-31(21(15)29-20(16)22(36-3)37-4)23(32)28-19-11-18(26-7-9-35-2)17(12-25)13-27-19/h10-11,13,22H,5-9,14H2,1-4H3,(H,33,34)(H2,26,27,28,32). The molecule has 198 valence electrons. The van der Waals surface area contributed by atoms with Gasteiger partial charge < -0.3 is 29.5 Å². The number of aromatic nitrogens is 2. The van der Waals surface area contributed by atoms with Crippen molar-refractivity contribution in [3.63, 3.8) is 0 Å². The number of hydrogen-bond acceptors (Lipinski definition) is 9. The van der Waals surface area contributed by atoms with E-state index in [0.29, 0.717) is 60.9 Å². The zero-order valence-corrected chi connectivity index (χ0v) is 21.3. The van der Waals surface area contributed by atoms with Crippen LogP contribution in [0.2, 0.25) is 0 Å². The van der Waals surface area contributed by atoms with Crippen molar-refractivity contribution in [2.75, 3.05) is 63.6 Å². The van der Waals surface area contributed by atoms with Crippen molar-refractivity contribution in [1.82, 2.24) is 14.9 Å². The first-order valence-corrected chi connectivity index (χ1v) is 11.6. The number of methoxy groups -OCH3 is 3. The molecule has 2 aromatic heterocycles. The predicted molar refractivity (Wildman–Crippen MR) is 134 cm³/mol. The van der Waals surface area contributed by atoms with Crippen LogP contribution in [0.3, 0.4) is 0 Å². The molecule has 2 aromatic rings. The molecule has 0 bridgehead atoms. The number of nitriles is 1. The number of carbonyl (C=O) groups is 2. The summed E-state index contributed by atoms with van der Waals surface area (Å²) >= 11 is 0.